The summed E-state index contributed by atoms with van der Waals surface area (Å²) in [6, 6.07) is 11.0. The number of methoxy groups -OCH3 is 1. The van der Waals surface area contributed by atoms with Gasteiger partial charge in [0.25, 0.3) is 0 Å². The van der Waals surface area contributed by atoms with Crippen molar-refractivity contribution in [1.82, 2.24) is 5.32 Å². The minimum atomic E-state index is -0.380. The van der Waals surface area contributed by atoms with Gasteiger partial charge >= 0.3 is 0 Å². The second-order valence-electron chi connectivity index (χ2n) is 5.45. The molecule has 0 radical (unpaired) electrons. The lowest BCUT2D eigenvalue weighted by atomic mass is 10.2. The van der Waals surface area contributed by atoms with Crippen LogP contribution in [0, 0.1) is 0 Å². The van der Waals surface area contributed by atoms with Crippen LogP contribution in [0.2, 0.25) is 10.0 Å². The molecule has 0 fully saturated rings. The molecule has 7 heteroatoms. The average Bonchev–Trinajstić information content (AvgIpc) is 2.54. The summed E-state index contributed by atoms with van der Waals surface area (Å²) >= 11 is 12.3. The lowest BCUT2D eigenvalue weighted by Crippen LogP contribution is -2.23. The summed E-state index contributed by atoms with van der Waals surface area (Å²) in [6.07, 6.45) is -0.380. The number of ether oxygens (including phenoxy) is 2. The Morgan fingerprint density at radius 3 is 2.40 bits per heavy atom. The molecule has 0 aliphatic heterocycles. The Balaban J connectivity index is 0.00000312. The summed E-state index contributed by atoms with van der Waals surface area (Å²) in [6.45, 7) is 3.17. The molecule has 2 N–H and O–H groups in total. The van der Waals surface area contributed by atoms with Crippen LogP contribution in [0.15, 0.2) is 36.4 Å². The van der Waals surface area contributed by atoms with Crippen LogP contribution in [0.5, 0.6) is 11.5 Å². The number of aliphatic hydroxyl groups is 1. The largest absolute Gasteiger partial charge is 0.493 e. The molecular formula is C18H22Cl3NO3. The van der Waals surface area contributed by atoms with Crippen molar-refractivity contribution in [3.8, 4) is 11.5 Å². The summed E-state index contributed by atoms with van der Waals surface area (Å²) in [4.78, 5) is 0. The minimum absolute atomic E-state index is 0. The van der Waals surface area contributed by atoms with E-state index in [9.17, 15) is 5.11 Å². The molecule has 0 aromatic heterocycles. The van der Waals surface area contributed by atoms with Gasteiger partial charge in [0.1, 0.15) is 6.61 Å². The molecule has 1 atom stereocenters. The summed E-state index contributed by atoms with van der Waals surface area (Å²) < 4.78 is 11.2. The van der Waals surface area contributed by atoms with E-state index < -0.39 is 0 Å². The fraction of sp³-hybridized carbons (Fsp3) is 0.333. The molecule has 0 aliphatic rings. The molecule has 0 saturated heterocycles. The van der Waals surface area contributed by atoms with E-state index in [2.05, 4.69) is 5.32 Å². The first-order chi connectivity index (χ1) is 11.5. The molecule has 2 rings (SSSR count). The van der Waals surface area contributed by atoms with Crippen molar-refractivity contribution in [3.05, 3.63) is 57.6 Å². The number of benzene rings is 2. The van der Waals surface area contributed by atoms with Crippen molar-refractivity contribution in [2.24, 2.45) is 0 Å². The number of hydrogen-bond acceptors (Lipinski definition) is 4. The molecule has 1 unspecified atom stereocenters. The van der Waals surface area contributed by atoms with E-state index in [0.29, 0.717) is 34.6 Å². The SMILES string of the molecule is COc1cc(CNCC(C)O)ccc1OCc1c(Cl)cccc1Cl.Cl. The van der Waals surface area contributed by atoms with Crippen LogP contribution in [0.1, 0.15) is 18.1 Å². The molecule has 0 aliphatic carbocycles. The zero-order valence-electron chi connectivity index (χ0n) is 14.1. The van der Waals surface area contributed by atoms with E-state index in [1.165, 1.54) is 0 Å². The standard InChI is InChI=1S/C18H21Cl2NO3.ClH/c1-12(22)9-21-10-13-6-7-17(18(8-13)23-2)24-11-14-15(19)4-3-5-16(14)20;/h3-8,12,21-22H,9-11H2,1-2H3;1H. The predicted octanol–water partition coefficient (Wildman–Crippen LogP) is 4.47. The van der Waals surface area contributed by atoms with Crippen LogP contribution in [0.4, 0.5) is 0 Å². The first-order valence-electron chi connectivity index (χ1n) is 7.62. The Morgan fingerprint density at radius 1 is 1.12 bits per heavy atom. The molecule has 0 amide bonds. The van der Waals surface area contributed by atoms with Gasteiger partial charge < -0.3 is 19.9 Å². The zero-order valence-corrected chi connectivity index (χ0v) is 16.4. The summed E-state index contributed by atoms with van der Waals surface area (Å²) in [5.41, 5.74) is 1.78. The topological polar surface area (TPSA) is 50.7 Å². The van der Waals surface area contributed by atoms with Crippen molar-refractivity contribution >= 4 is 35.6 Å². The smallest absolute Gasteiger partial charge is 0.161 e. The molecule has 0 spiro atoms. The van der Waals surface area contributed by atoms with E-state index in [0.717, 1.165) is 11.1 Å². The van der Waals surface area contributed by atoms with Gasteiger partial charge in [0.15, 0.2) is 11.5 Å². The van der Waals surface area contributed by atoms with Crippen LogP contribution in [0.3, 0.4) is 0 Å². The average molecular weight is 407 g/mol. The number of halogens is 3. The molecule has 0 heterocycles. The van der Waals surface area contributed by atoms with Gasteiger partial charge in [-0.2, -0.15) is 0 Å². The van der Waals surface area contributed by atoms with Gasteiger partial charge in [-0.1, -0.05) is 35.3 Å². The van der Waals surface area contributed by atoms with Crippen molar-refractivity contribution in [2.75, 3.05) is 13.7 Å². The van der Waals surface area contributed by atoms with Crippen molar-refractivity contribution in [1.29, 1.82) is 0 Å². The van der Waals surface area contributed by atoms with E-state index in [-0.39, 0.29) is 25.1 Å². The zero-order chi connectivity index (χ0) is 17.5. The summed E-state index contributed by atoms with van der Waals surface area (Å²) in [5, 5.41) is 13.6. The third-order valence-corrected chi connectivity index (χ3v) is 4.14. The highest BCUT2D eigenvalue weighted by atomic mass is 35.5. The van der Waals surface area contributed by atoms with E-state index in [1.54, 1.807) is 32.2 Å². The summed E-state index contributed by atoms with van der Waals surface area (Å²) in [7, 11) is 1.59. The van der Waals surface area contributed by atoms with Crippen molar-refractivity contribution in [2.45, 2.75) is 26.2 Å². The van der Waals surface area contributed by atoms with Crippen molar-refractivity contribution < 1.29 is 14.6 Å². The lowest BCUT2D eigenvalue weighted by Gasteiger charge is -2.14. The Kier molecular flexibility index (Phi) is 9.39. The minimum Gasteiger partial charge on any atom is -0.493 e. The summed E-state index contributed by atoms with van der Waals surface area (Å²) in [5.74, 6) is 1.25. The fourth-order valence-electron chi connectivity index (χ4n) is 2.19. The third-order valence-electron chi connectivity index (χ3n) is 3.43. The first kappa shape index (κ1) is 21.9. The molecule has 25 heavy (non-hydrogen) atoms. The Labute approximate surface area is 164 Å². The maximum absolute atomic E-state index is 9.27. The third kappa shape index (κ3) is 6.57. The molecule has 2 aromatic carbocycles. The Morgan fingerprint density at radius 2 is 1.80 bits per heavy atom. The van der Waals surface area contributed by atoms with Crippen molar-refractivity contribution in [3.63, 3.8) is 0 Å². The lowest BCUT2D eigenvalue weighted by molar-refractivity contribution is 0.191. The van der Waals surface area contributed by atoms with Crippen LogP contribution in [-0.2, 0) is 13.2 Å². The van der Waals surface area contributed by atoms with E-state index in [1.807, 2.05) is 18.2 Å². The molecule has 138 valence electrons. The van der Waals surface area contributed by atoms with Crippen LogP contribution >= 0.6 is 35.6 Å². The maximum atomic E-state index is 9.27. The molecule has 0 bridgehead atoms. The highest BCUT2D eigenvalue weighted by Gasteiger charge is 2.10. The Bertz CT molecular complexity index is 660. The molecule has 0 saturated carbocycles. The van der Waals surface area contributed by atoms with Gasteiger partial charge in [-0.05, 0) is 36.8 Å². The van der Waals surface area contributed by atoms with Gasteiger partial charge in [0.2, 0.25) is 0 Å². The maximum Gasteiger partial charge on any atom is 0.161 e. The monoisotopic (exact) mass is 405 g/mol. The van der Waals surface area contributed by atoms with E-state index in [4.69, 9.17) is 32.7 Å². The fourth-order valence-corrected chi connectivity index (χ4v) is 2.69. The second kappa shape index (κ2) is 10.7. The van der Waals surface area contributed by atoms with E-state index >= 15 is 0 Å². The molecule has 2 aromatic rings. The van der Waals surface area contributed by atoms with Crippen LogP contribution < -0.4 is 14.8 Å². The number of nitrogens with one attached hydrogen (secondary N) is 1. The quantitative estimate of drug-likeness (QED) is 0.679. The van der Waals surface area contributed by atoms with Crippen LogP contribution in [-0.4, -0.2) is 24.9 Å². The van der Waals surface area contributed by atoms with Gasteiger partial charge in [-0.15, -0.1) is 12.4 Å². The number of rotatable bonds is 8. The van der Waals surface area contributed by atoms with Crippen LogP contribution in [0.25, 0.3) is 0 Å². The first-order valence-corrected chi connectivity index (χ1v) is 8.38. The molecular weight excluding hydrogens is 385 g/mol. The highest BCUT2D eigenvalue weighted by Crippen LogP contribution is 2.31. The number of hydrogen-bond donors (Lipinski definition) is 2. The highest BCUT2D eigenvalue weighted by molar-refractivity contribution is 6.35. The Hall–Kier alpha value is -1.17. The van der Waals surface area contributed by atoms with Gasteiger partial charge in [0, 0.05) is 28.7 Å². The van der Waals surface area contributed by atoms with Gasteiger partial charge in [0.05, 0.1) is 13.2 Å². The predicted molar refractivity (Wildman–Crippen MR) is 104 cm³/mol. The number of aliphatic hydroxyl groups excluding tert-OH is 1. The second-order valence-corrected chi connectivity index (χ2v) is 6.27. The molecule has 4 nitrogen and oxygen atoms in total. The van der Waals surface area contributed by atoms with Gasteiger partial charge in [-0.25, -0.2) is 0 Å². The normalized spacial score (nSPS) is 11.6. The van der Waals surface area contributed by atoms with Gasteiger partial charge in [-0.3, -0.25) is 0 Å².